The van der Waals surface area contributed by atoms with Gasteiger partial charge in [0.15, 0.2) is 0 Å². The van der Waals surface area contributed by atoms with Crippen LogP contribution in [0.15, 0.2) is 0 Å². The van der Waals surface area contributed by atoms with E-state index in [-0.39, 0.29) is 0 Å². The standard InChI is InChI=1S/C10H16N2O5/c1-5-2-6(5)4-11-10(17)12-7(9(15)16)3-8(13)14/h5-7H,2-4H2,1H3,(H,13,14)(H,15,16)(H2,11,12,17)/t5?,6?,7-/m0/s1. The topological polar surface area (TPSA) is 116 Å². The SMILES string of the molecule is CC1CC1CNC(=O)N[C@@H](CC(=O)O)C(=O)O. The van der Waals surface area contributed by atoms with Crippen LogP contribution in [-0.4, -0.2) is 40.8 Å². The predicted molar refractivity (Wildman–Crippen MR) is 57.5 cm³/mol. The molecule has 0 heterocycles. The second-order valence-electron chi connectivity index (χ2n) is 4.32. The molecule has 0 saturated heterocycles. The molecule has 0 spiro atoms. The predicted octanol–water partition coefficient (Wildman–Crippen LogP) is -0.130. The number of aliphatic carboxylic acids is 2. The van der Waals surface area contributed by atoms with E-state index < -0.39 is 30.4 Å². The Morgan fingerprint density at radius 1 is 1.35 bits per heavy atom. The summed E-state index contributed by atoms with van der Waals surface area (Å²) in [4.78, 5) is 32.3. The van der Waals surface area contributed by atoms with Crippen molar-refractivity contribution in [1.29, 1.82) is 0 Å². The molecule has 7 nitrogen and oxygen atoms in total. The molecule has 17 heavy (non-hydrogen) atoms. The maximum atomic E-state index is 11.3. The van der Waals surface area contributed by atoms with Gasteiger partial charge in [-0.15, -0.1) is 0 Å². The number of hydrogen-bond donors (Lipinski definition) is 4. The first-order valence-electron chi connectivity index (χ1n) is 5.39. The van der Waals surface area contributed by atoms with E-state index in [0.29, 0.717) is 18.4 Å². The third kappa shape index (κ3) is 4.71. The summed E-state index contributed by atoms with van der Waals surface area (Å²) < 4.78 is 0. The number of carboxylic acids is 2. The van der Waals surface area contributed by atoms with Crippen LogP contribution in [0.3, 0.4) is 0 Å². The Labute approximate surface area is 98.2 Å². The third-order valence-electron chi connectivity index (χ3n) is 2.78. The first kappa shape index (κ1) is 13.3. The Balaban J connectivity index is 2.30. The number of carbonyl (C=O) groups excluding carboxylic acids is 1. The lowest BCUT2D eigenvalue weighted by Gasteiger charge is -2.13. The van der Waals surface area contributed by atoms with Crippen LogP contribution in [0, 0.1) is 11.8 Å². The number of urea groups is 1. The van der Waals surface area contributed by atoms with Crippen LogP contribution in [0.4, 0.5) is 4.79 Å². The summed E-state index contributed by atoms with van der Waals surface area (Å²) in [6.45, 7) is 2.56. The molecule has 0 radical (unpaired) electrons. The molecule has 2 unspecified atom stereocenters. The minimum atomic E-state index is -1.40. The Kier molecular flexibility index (Phi) is 4.30. The lowest BCUT2D eigenvalue weighted by atomic mass is 10.2. The van der Waals surface area contributed by atoms with E-state index in [1.165, 1.54) is 0 Å². The van der Waals surface area contributed by atoms with E-state index in [0.717, 1.165) is 6.42 Å². The molecule has 0 aromatic heterocycles. The average Bonchev–Trinajstić information content (AvgIpc) is 2.90. The number of rotatable bonds is 6. The van der Waals surface area contributed by atoms with Crippen LogP contribution in [0.5, 0.6) is 0 Å². The quantitative estimate of drug-likeness (QED) is 0.519. The van der Waals surface area contributed by atoms with Crippen molar-refractivity contribution in [1.82, 2.24) is 10.6 Å². The molecular weight excluding hydrogens is 228 g/mol. The molecule has 1 fully saturated rings. The number of carboxylic acid groups (broad SMARTS) is 2. The average molecular weight is 244 g/mol. The lowest BCUT2D eigenvalue weighted by molar-refractivity contribution is -0.145. The van der Waals surface area contributed by atoms with Crippen molar-refractivity contribution in [3.8, 4) is 0 Å². The summed E-state index contributed by atoms with van der Waals surface area (Å²) in [5, 5.41) is 21.8. The molecule has 1 aliphatic rings. The molecule has 96 valence electrons. The van der Waals surface area contributed by atoms with Crippen molar-refractivity contribution in [2.24, 2.45) is 11.8 Å². The molecule has 0 aromatic rings. The van der Waals surface area contributed by atoms with Crippen molar-refractivity contribution in [2.45, 2.75) is 25.8 Å². The molecule has 1 aliphatic carbocycles. The fraction of sp³-hybridized carbons (Fsp3) is 0.700. The third-order valence-corrected chi connectivity index (χ3v) is 2.78. The van der Waals surface area contributed by atoms with Crippen LogP contribution in [0.1, 0.15) is 19.8 Å². The highest BCUT2D eigenvalue weighted by molar-refractivity contribution is 5.86. The summed E-state index contributed by atoms with van der Waals surface area (Å²) >= 11 is 0. The zero-order valence-corrected chi connectivity index (χ0v) is 9.47. The van der Waals surface area contributed by atoms with E-state index in [1.807, 2.05) is 0 Å². The highest BCUT2D eigenvalue weighted by Crippen LogP contribution is 2.36. The van der Waals surface area contributed by atoms with Gasteiger partial charge in [0.05, 0.1) is 6.42 Å². The molecule has 1 rings (SSSR count). The molecule has 3 atom stereocenters. The maximum absolute atomic E-state index is 11.3. The zero-order chi connectivity index (χ0) is 13.0. The Morgan fingerprint density at radius 2 is 1.94 bits per heavy atom. The van der Waals surface area contributed by atoms with Crippen molar-refractivity contribution >= 4 is 18.0 Å². The molecule has 4 N–H and O–H groups in total. The Morgan fingerprint density at radius 3 is 2.35 bits per heavy atom. The molecule has 2 amide bonds. The van der Waals surface area contributed by atoms with Crippen molar-refractivity contribution in [2.75, 3.05) is 6.54 Å². The smallest absolute Gasteiger partial charge is 0.326 e. The largest absolute Gasteiger partial charge is 0.481 e. The summed E-state index contributed by atoms with van der Waals surface area (Å²) in [6, 6.07) is -2.04. The van der Waals surface area contributed by atoms with Crippen LogP contribution in [0.25, 0.3) is 0 Å². The van der Waals surface area contributed by atoms with Gasteiger partial charge >= 0.3 is 18.0 Å². The van der Waals surface area contributed by atoms with Crippen molar-refractivity contribution in [3.63, 3.8) is 0 Å². The molecule has 0 bridgehead atoms. The first-order chi connectivity index (χ1) is 7.90. The van der Waals surface area contributed by atoms with Gasteiger partial charge in [0.25, 0.3) is 0 Å². The van der Waals surface area contributed by atoms with Crippen molar-refractivity contribution < 1.29 is 24.6 Å². The second kappa shape index (κ2) is 5.51. The van der Waals surface area contributed by atoms with E-state index in [4.69, 9.17) is 10.2 Å². The van der Waals surface area contributed by atoms with Crippen LogP contribution in [-0.2, 0) is 9.59 Å². The summed E-state index contributed by atoms with van der Waals surface area (Å²) in [6.07, 6.45) is 0.417. The Hall–Kier alpha value is -1.79. The van der Waals surface area contributed by atoms with Gasteiger partial charge in [-0.25, -0.2) is 9.59 Å². The number of amides is 2. The molecule has 7 heteroatoms. The van der Waals surface area contributed by atoms with Gasteiger partial charge in [-0.2, -0.15) is 0 Å². The first-order valence-corrected chi connectivity index (χ1v) is 5.39. The van der Waals surface area contributed by atoms with Gasteiger partial charge in [0, 0.05) is 6.54 Å². The van der Waals surface area contributed by atoms with Gasteiger partial charge in [0.1, 0.15) is 6.04 Å². The van der Waals surface area contributed by atoms with E-state index in [2.05, 4.69) is 17.6 Å². The minimum Gasteiger partial charge on any atom is -0.481 e. The van der Waals surface area contributed by atoms with Gasteiger partial charge in [0.2, 0.25) is 0 Å². The molecule has 1 saturated carbocycles. The van der Waals surface area contributed by atoms with Crippen LogP contribution < -0.4 is 10.6 Å². The zero-order valence-electron chi connectivity index (χ0n) is 9.47. The van der Waals surface area contributed by atoms with Crippen LogP contribution in [0.2, 0.25) is 0 Å². The fourth-order valence-corrected chi connectivity index (χ4v) is 1.49. The highest BCUT2D eigenvalue weighted by atomic mass is 16.4. The summed E-state index contributed by atoms with van der Waals surface area (Å²) in [5.41, 5.74) is 0. The number of nitrogens with one attached hydrogen (secondary N) is 2. The normalized spacial score (nSPS) is 23.6. The molecule has 0 aliphatic heterocycles. The monoisotopic (exact) mass is 244 g/mol. The number of hydrogen-bond acceptors (Lipinski definition) is 3. The summed E-state index contributed by atoms with van der Waals surface area (Å²) in [7, 11) is 0. The van der Waals surface area contributed by atoms with Gasteiger partial charge < -0.3 is 20.8 Å². The minimum absolute atomic E-state index is 0.448. The molecule has 0 aromatic carbocycles. The lowest BCUT2D eigenvalue weighted by Crippen LogP contribution is -2.47. The van der Waals surface area contributed by atoms with Gasteiger partial charge in [-0.3, -0.25) is 4.79 Å². The van der Waals surface area contributed by atoms with Gasteiger partial charge in [-0.05, 0) is 18.3 Å². The molecular formula is C10H16N2O5. The second-order valence-corrected chi connectivity index (χ2v) is 4.32. The maximum Gasteiger partial charge on any atom is 0.326 e. The number of carbonyl (C=O) groups is 3. The van der Waals surface area contributed by atoms with Crippen molar-refractivity contribution in [3.05, 3.63) is 0 Å². The summed E-state index contributed by atoms with van der Waals surface area (Å²) in [5.74, 6) is -1.59. The van der Waals surface area contributed by atoms with Gasteiger partial charge in [-0.1, -0.05) is 6.92 Å². The Bertz CT molecular complexity index is 331. The van der Waals surface area contributed by atoms with E-state index in [9.17, 15) is 14.4 Å². The highest BCUT2D eigenvalue weighted by Gasteiger charge is 2.32. The van der Waals surface area contributed by atoms with E-state index in [1.54, 1.807) is 0 Å². The fourth-order valence-electron chi connectivity index (χ4n) is 1.49. The van der Waals surface area contributed by atoms with E-state index >= 15 is 0 Å². The van der Waals surface area contributed by atoms with Crippen LogP contribution >= 0.6 is 0 Å².